The van der Waals surface area contributed by atoms with Crippen molar-refractivity contribution in [2.75, 3.05) is 0 Å². The molecule has 0 radical (unpaired) electrons. The number of rotatable bonds is 6. The van der Waals surface area contributed by atoms with E-state index < -0.39 is 5.97 Å². The summed E-state index contributed by atoms with van der Waals surface area (Å²) in [5, 5.41) is 0. The lowest BCUT2D eigenvalue weighted by Crippen LogP contribution is -2.25. The number of carbonyl (C=O) groups is 1. The number of aromatic nitrogens is 3. The number of aryl methyl sites for hydroxylation is 2. The van der Waals surface area contributed by atoms with E-state index in [0.717, 1.165) is 16.6 Å². The zero-order valence-corrected chi connectivity index (χ0v) is 14.9. The molecule has 27 heavy (non-hydrogen) atoms. The summed E-state index contributed by atoms with van der Waals surface area (Å²) in [5.41, 5.74) is 2.94. The summed E-state index contributed by atoms with van der Waals surface area (Å²) in [5.74, 6) is -0.0539. The van der Waals surface area contributed by atoms with Crippen molar-refractivity contribution in [2.24, 2.45) is 0 Å². The van der Waals surface area contributed by atoms with Gasteiger partial charge in [-0.05, 0) is 31.2 Å². The SMILES string of the molecule is CCn1c(=O)n(CCC(=O)OCc2nc3ccccc3o2)c2ccccc21. The average molecular weight is 365 g/mol. The van der Waals surface area contributed by atoms with Crippen LogP contribution in [-0.4, -0.2) is 20.1 Å². The van der Waals surface area contributed by atoms with Crippen molar-refractivity contribution in [2.45, 2.75) is 33.0 Å². The molecule has 0 saturated heterocycles. The second-order valence-electron chi connectivity index (χ2n) is 6.15. The van der Waals surface area contributed by atoms with E-state index in [1.807, 2.05) is 55.5 Å². The molecular weight excluding hydrogens is 346 g/mol. The first kappa shape index (κ1) is 17.1. The van der Waals surface area contributed by atoms with Gasteiger partial charge in [-0.2, -0.15) is 0 Å². The molecule has 0 aliphatic heterocycles. The van der Waals surface area contributed by atoms with Crippen molar-refractivity contribution >= 4 is 28.1 Å². The molecule has 0 aliphatic carbocycles. The van der Waals surface area contributed by atoms with Gasteiger partial charge in [0.1, 0.15) is 5.52 Å². The Balaban J connectivity index is 1.43. The third-order valence-corrected chi connectivity index (χ3v) is 4.48. The number of benzene rings is 2. The van der Waals surface area contributed by atoms with Gasteiger partial charge in [-0.25, -0.2) is 9.78 Å². The molecule has 7 nitrogen and oxygen atoms in total. The van der Waals surface area contributed by atoms with Gasteiger partial charge in [0.2, 0.25) is 5.89 Å². The lowest BCUT2D eigenvalue weighted by molar-refractivity contribution is -0.145. The summed E-state index contributed by atoms with van der Waals surface area (Å²) >= 11 is 0. The number of ether oxygens (including phenoxy) is 1. The van der Waals surface area contributed by atoms with Crippen molar-refractivity contribution in [1.82, 2.24) is 14.1 Å². The van der Waals surface area contributed by atoms with Crippen molar-refractivity contribution in [3.63, 3.8) is 0 Å². The first-order valence-electron chi connectivity index (χ1n) is 8.85. The first-order valence-corrected chi connectivity index (χ1v) is 8.85. The number of para-hydroxylation sites is 4. The zero-order chi connectivity index (χ0) is 18.8. The molecule has 2 aromatic carbocycles. The predicted molar refractivity (Wildman–Crippen MR) is 100 cm³/mol. The molecule has 0 fully saturated rings. The zero-order valence-electron chi connectivity index (χ0n) is 14.9. The Kier molecular flexibility index (Phi) is 4.50. The van der Waals surface area contributed by atoms with Gasteiger partial charge in [-0.3, -0.25) is 13.9 Å². The van der Waals surface area contributed by atoms with Crippen LogP contribution in [0.2, 0.25) is 0 Å². The van der Waals surface area contributed by atoms with E-state index in [-0.39, 0.29) is 25.3 Å². The fraction of sp³-hybridized carbons (Fsp3) is 0.250. The lowest BCUT2D eigenvalue weighted by Gasteiger charge is -2.04. The molecule has 4 aromatic rings. The van der Waals surface area contributed by atoms with Crippen molar-refractivity contribution in [3.8, 4) is 0 Å². The van der Waals surface area contributed by atoms with E-state index in [1.165, 1.54) is 0 Å². The third kappa shape index (κ3) is 3.23. The minimum absolute atomic E-state index is 0.0286. The van der Waals surface area contributed by atoms with E-state index in [2.05, 4.69) is 4.98 Å². The van der Waals surface area contributed by atoms with Gasteiger partial charge in [0, 0.05) is 13.1 Å². The number of esters is 1. The summed E-state index contributed by atoms with van der Waals surface area (Å²) in [7, 11) is 0. The fourth-order valence-corrected chi connectivity index (χ4v) is 3.19. The summed E-state index contributed by atoms with van der Waals surface area (Å²) in [4.78, 5) is 28.9. The van der Waals surface area contributed by atoms with Crippen LogP contribution < -0.4 is 5.69 Å². The molecule has 0 bridgehead atoms. The number of carbonyl (C=O) groups excluding carboxylic acids is 1. The largest absolute Gasteiger partial charge is 0.456 e. The van der Waals surface area contributed by atoms with Gasteiger partial charge < -0.3 is 9.15 Å². The highest BCUT2D eigenvalue weighted by atomic mass is 16.5. The Hall–Kier alpha value is -3.35. The highest BCUT2D eigenvalue weighted by molar-refractivity contribution is 5.76. The number of oxazole rings is 1. The summed E-state index contributed by atoms with van der Waals surface area (Å²) in [6, 6.07) is 14.9. The molecule has 0 N–H and O–H groups in total. The molecule has 0 aliphatic rings. The Bertz CT molecular complexity index is 1140. The van der Waals surface area contributed by atoms with E-state index in [0.29, 0.717) is 18.0 Å². The molecule has 0 atom stereocenters. The maximum Gasteiger partial charge on any atom is 0.329 e. The van der Waals surface area contributed by atoms with Crippen molar-refractivity contribution in [1.29, 1.82) is 0 Å². The van der Waals surface area contributed by atoms with Crippen LogP contribution in [0.5, 0.6) is 0 Å². The molecule has 0 amide bonds. The quantitative estimate of drug-likeness (QED) is 0.491. The lowest BCUT2D eigenvalue weighted by atomic mass is 10.3. The van der Waals surface area contributed by atoms with Crippen LogP contribution in [-0.2, 0) is 29.2 Å². The van der Waals surface area contributed by atoms with E-state index in [4.69, 9.17) is 9.15 Å². The van der Waals surface area contributed by atoms with E-state index >= 15 is 0 Å². The molecule has 0 spiro atoms. The Morgan fingerprint density at radius 3 is 2.52 bits per heavy atom. The molecule has 7 heteroatoms. The van der Waals surface area contributed by atoms with Gasteiger partial charge in [-0.1, -0.05) is 24.3 Å². The highest BCUT2D eigenvalue weighted by Gasteiger charge is 2.14. The summed E-state index contributed by atoms with van der Waals surface area (Å²) in [6.07, 6.45) is 0.0951. The smallest absolute Gasteiger partial charge is 0.329 e. The van der Waals surface area contributed by atoms with Crippen LogP contribution in [0.1, 0.15) is 19.2 Å². The Morgan fingerprint density at radius 1 is 1.07 bits per heavy atom. The number of nitrogens with zero attached hydrogens (tertiary/aromatic N) is 3. The van der Waals surface area contributed by atoms with Crippen molar-refractivity contribution < 1.29 is 13.9 Å². The molecule has 2 aromatic heterocycles. The number of hydrogen-bond acceptors (Lipinski definition) is 5. The van der Waals surface area contributed by atoms with Gasteiger partial charge in [-0.15, -0.1) is 0 Å². The van der Waals surface area contributed by atoms with Gasteiger partial charge in [0.15, 0.2) is 12.2 Å². The average Bonchev–Trinajstić information content (AvgIpc) is 3.22. The summed E-state index contributed by atoms with van der Waals surface area (Å²) in [6.45, 7) is 2.74. The van der Waals surface area contributed by atoms with Crippen LogP contribution in [0.3, 0.4) is 0 Å². The van der Waals surface area contributed by atoms with Gasteiger partial charge in [0.05, 0.1) is 17.5 Å². The minimum atomic E-state index is -0.405. The molecular formula is C20H19N3O4. The van der Waals surface area contributed by atoms with E-state index in [9.17, 15) is 9.59 Å². The fourth-order valence-electron chi connectivity index (χ4n) is 3.19. The van der Waals surface area contributed by atoms with Crippen molar-refractivity contribution in [3.05, 3.63) is 64.9 Å². The van der Waals surface area contributed by atoms with Gasteiger partial charge in [0.25, 0.3) is 0 Å². The molecule has 0 saturated carbocycles. The van der Waals surface area contributed by atoms with E-state index in [1.54, 1.807) is 9.13 Å². The second-order valence-corrected chi connectivity index (χ2v) is 6.15. The Morgan fingerprint density at radius 2 is 1.78 bits per heavy atom. The van der Waals surface area contributed by atoms with Crippen LogP contribution in [0.25, 0.3) is 22.1 Å². The third-order valence-electron chi connectivity index (χ3n) is 4.48. The van der Waals surface area contributed by atoms with Crippen LogP contribution in [0.4, 0.5) is 0 Å². The standard InChI is InChI=1S/C20H19N3O4/c1-2-22-15-8-4-5-9-16(15)23(20(22)25)12-11-19(24)26-13-18-21-14-7-3-6-10-17(14)27-18/h3-10H,2,11-13H2,1H3. The maximum absolute atomic E-state index is 12.6. The summed E-state index contributed by atoms with van der Waals surface area (Å²) < 4.78 is 14.1. The molecule has 4 rings (SSSR count). The van der Waals surface area contributed by atoms with Gasteiger partial charge >= 0.3 is 11.7 Å². The normalized spacial score (nSPS) is 11.3. The van der Waals surface area contributed by atoms with Crippen LogP contribution in [0, 0.1) is 0 Å². The van der Waals surface area contributed by atoms with Crippen LogP contribution in [0.15, 0.2) is 57.7 Å². The second kappa shape index (κ2) is 7.11. The monoisotopic (exact) mass is 365 g/mol. The first-order chi connectivity index (χ1) is 13.2. The number of fused-ring (bicyclic) bond motifs is 2. The molecule has 0 unspecified atom stereocenters. The topological polar surface area (TPSA) is 79.3 Å². The molecule has 138 valence electrons. The van der Waals surface area contributed by atoms with Crippen LogP contribution >= 0.6 is 0 Å². The number of hydrogen-bond donors (Lipinski definition) is 0. The Labute approximate surface area is 154 Å². The number of imidazole rings is 1. The molecule has 2 heterocycles. The minimum Gasteiger partial charge on any atom is -0.456 e. The predicted octanol–water partition coefficient (Wildman–Crippen LogP) is 3.10. The maximum atomic E-state index is 12.6. The highest BCUT2D eigenvalue weighted by Crippen LogP contribution is 2.16.